The third-order valence-corrected chi connectivity index (χ3v) is 2.64. The fourth-order valence-electron chi connectivity index (χ4n) is 2.08. The van der Waals surface area contributed by atoms with Gasteiger partial charge >= 0.3 is 5.97 Å². The average Bonchev–Trinajstić information content (AvgIpc) is 2.36. The van der Waals surface area contributed by atoms with Crippen molar-refractivity contribution >= 4 is 5.97 Å². The second-order valence-corrected chi connectivity index (χ2v) is 3.42. The third-order valence-electron chi connectivity index (χ3n) is 2.64. The minimum absolute atomic E-state index is 0.0325. The van der Waals surface area contributed by atoms with Gasteiger partial charge in [0.05, 0.1) is 5.92 Å². The Hall–Kier alpha value is -0.530. The van der Waals surface area contributed by atoms with Crippen molar-refractivity contribution in [3.63, 3.8) is 0 Å². The largest absolute Gasteiger partial charge is 0.481 e. The molecule has 1 N–H and O–H groups in total. The highest BCUT2D eigenvalue weighted by Crippen LogP contribution is 2.34. The fourth-order valence-corrected chi connectivity index (χ4v) is 2.08. The van der Waals surface area contributed by atoms with E-state index in [9.17, 15) is 4.79 Å². The number of carboxylic acids is 1. The van der Waals surface area contributed by atoms with E-state index in [0.29, 0.717) is 5.92 Å². The van der Waals surface area contributed by atoms with Gasteiger partial charge in [-0.05, 0) is 25.2 Å². The van der Waals surface area contributed by atoms with Gasteiger partial charge in [-0.15, -0.1) is 0 Å². The minimum Gasteiger partial charge on any atom is -0.481 e. The van der Waals surface area contributed by atoms with Crippen molar-refractivity contribution in [2.24, 2.45) is 11.8 Å². The van der Waals surface area contributed by atoms with Gasteiger partial charge in [0.15, 0.2) is 0 Å². The lowest BCUT2D eigenvalue weighted by Gasteiger charge is -2.13. The first kappa shape index (κ1) is 8.57. The monoisotopic (exact) mass is 156 g/mol. The van der Waals surface area contributed by atoms with Crippen molar-refractivity contribution in [2.45, 2.75) is 39.0 Å². The van der Waals surface area contributed by atoms with Gasteiger partial charge in [0.2, 0.25) is 0 Å². The minimum atomic E-state index is -0.582. The summed E-state index contributed by atoms with van der Waals surface area (Å²) >= 11 is 0. The van der Waals surface area contributed by atoms with Crippen LogP contribution < -0.4 is 0 Å². The molecule has 1 rings (SSSR count). The van der Waals surface area contributed by atoms with E-state index in [1.54, 1.807) is 0 Å². The molecule has 64 valence electrons. The molecule has 0 bridgehead atoms. The molecule has 1 fully saturated rings. The summed E-state index contributed by atoms with van der Waals surface area (Å²) in [5, 5.41) is 8.81. The first-order valence-corrected chi connectivity index (χ1v) is 4.48. The molecule has 2 heteroatoms. The smallest absolute Gasteiger partial charge is 0.306 e. The molecular weight excluding hydrogens is 140 g/mol. The maximum Gasteiger partial charge on any atom is 0.306 e. The van der Waals surface area contributed by atoms with Crippen LogP contribution in [0.15, 0.2) is 0 Å². The van der Waals surface area contributed by atoms with Gasteiger partial charge in [0.25, 0.3) is 0 Å². The lowest BCUT2D eigenvalue weighted by molar-refractivity contribution is -0.143. The molecule has 2 atom stereocenters. The fraction of sp³-hybridized carbons (Fsp3) is 0.889. The van der Waals surface area contributed by atoms with Gasteiger partial charge in [0, 0.05) is 0 Å². The predicted octanol–water partition coefficient (Wildman–Crippen LogP) is 2.29. The number of carboxylic acid groups (broad SMARTS) is 1. The summed E-state index contributed by atoms with van der Waals surface area (Å²) < 4.78 is 0. The maximum atomic E-state index is 10.7. The van der Waals surface area contributed by atoms with Gasteiger partial charge in [0.1, 0.15) is 0 Å². The Morgan fingerprint density at radius 2 is 2.27 bits per heavy atom. The number of hydrogen-bond acceptors (Lipinski definition) is 1. The van der Waals surface area contributed by atoms with Crippen LogP contribution in [0.3, 0.4) is 0 Å². The Morgan fingerprint density at radius 3 is 2.82 bits per heavy atom. The van der Waals surface area contributed by atoms with E-state index < -0.39 is 5.97 Å². The van der Waals surface area contributed by atoms with Crippen LogP contribution in [0.2, 0.25) is 0 Å². The Kier molecular flexibility index (Phi) is 2.92. The van der Waals surface area contributed by atoms with Crippen molar-refractivity contribution in [2.75, 3.05) is 0 Å². The molecule has 0 saturated heterocycles. The Balaban J connectivity index is 2.44. The van der Waals surface area contributed by atoms with Crippen LogP contribution in [-0.2, 0) is 4.79 Å². The molecule has 0 aromatic carbocycles. The second kappa shape index (κ2) is 3.74. The summed E-state index contributed by atoms with van der Waals surface area (Å²) in [5.74, 6) is -0.145. The van der Waals surface area contributed by atoms with Crippen LogP contribution in [-0.4, -0.2) is 11.1 Å². The third kappa shape index (κ3) is 1.95. The molecule has 0 spiro atoms. The molecule has 0 aromatic heterocycles. The highest BCUT2D eigenvalue weighted by atomic mass is 16.4. The molecule has 0 unspecified atom stereocenters. The quantitative estimate of drug-likeness (QED) is 0.680. The zero-order valence-electron chi connectivity index (χ0n) is 7.05. The molecule has 2 nitrogen and oxygen atoms in total. The van der Waals surface area contributed by atoms with Crippen LogP contribution in [0.5, 0.6) is 0 Å². The molecular formula is C9H16O2. The highest BCUT2D eigenvalue weighted by molar-refractivity contribution is 5.70. The highest BCUT2D eigenvalue weighted by Gasteiger charge is 2.31. The van der Waals surface area contributed by atoms with E-state index in [4.69, 9.17) is 5.11 Å². The lowest BCUT2D eigenvalue weighted by Crippen LogP contribution is -2.17. The van der Waals surface area contributed by atoms with Crippen LogP contribution in [0, 0.1) is 11.8 Å². The molecule has 1 saturated carbocycles. The SMILES string of the molecule is CCC[C@H]1CCC[C@@H]1C(=O)O. The Morgan fingerprint density at radius 1 is 1.55 bits per heavy atom. The first-order chi connectivity index (χ1) is 5.25. The topological polar surface area (TPSA) is 37.3 Å². The molecule has 1 aliphatic carbocycles. The van der Waals surface area contributed by atoms with Crippen LogP contribution in [0.1, 0.15) is 39.0 Å². The van der Waals surface area contributed by atoms with E-state index in [0.717, 1.165) is 32.1 Å². The summed E-state index contributed by atoms with van der Waals surface area (Å²) in [4.78, 5) is 10.7. The van der Waals surface area contributed by atoms with E-state index in [1.807, 2.05) is 0 Å². The number of carbonyl (C=O) groups is 1. The molecule has 0 heterocycles. The van der Waals surface area contributed by atoms with E-state index in [1.165, 1.54) is 0 Å². The van der Waals surface area contributed by atoms with E-state index in [2.05, 4.69) is 6.92 Å². The zero-order chi connectivity index (χ0) is 8.27. The standard InChI is InChI=1S/C9H16O2/c1-2-4-7-5-3-6-8(7)9(10)11/h7-8H,2-6H2,1H3,(H,10,11)/t7-,8-/m0/s1. The van der Waals surface area contributed by atoms with Gasteiger partial charge in [-0.2, -0.15) is 0 Å². The Bertz CT molecular complexity index is 142. The molecule has 0 aromatic rings. The normalized spacial score (nSPS) is 30.6. The number of aliphatic carboxylic acids is 1. The van der Waals surface area contributed by atoms with E-state index in [-0.39, 0.29) is 5.92 Å². The van der Waals surface area contributed by atoms with Gasteiger partial charge in [-0.3, -0.25) is 4.79 Å². The summed E-state index contributed by atoms with van der Waals surface area (Å²) in [6.45, 7) is 2.12. The number of hydrogen-bond donors (Lipinski definition) is 1. The maximum absolute atomic E-state index is 10.7. The lowest BCUT2D eigenvalue weighted by atomic mass is 9.92. The molecule has 0 radical (unpaired) electrons. The molecule has 11 heavy (non-hydrogen) atoms. The first-order valence-electron chi connectivity index (χ1n) is 4.48. The summed E-state index contributed by atoms with van der Waals surface area (Å²) in [7, 11) is 0. The molecule has 1 aliphatic rings. The van der Waals surface area contributed by atoms with Gasteiger partial charge in [-0.25, -0.2) is 0 Å². The molecule has 0 amide bonds. The van der Waals surface area contributed by atoms with Crippen molar-refractivity contribution in [3.05, 3.63) is 0 Å². The van der Waals surface area contributed by atoms with Crippen molar-refractivity contribution in [1.29, 1.82) is 0 Å². The van der Waals surface area contributed by atoms with Gasteiger partial charge in [-0.1, -0.05) is 19.8 Å². The average molecular weight is 156 g/mol. The second-order valence-electron chi connectivity index (χ2n) is 3.42. The summed E-state index contributed by atoms with van der Waals surface area (Å²) in [6, 6.07) is 0. The summed E-state index contributed by atoms with van der Waals surface area (Å²) in [6.07, 6.45) is 5.36. The van der Waals surface area contributed by atoms with E-state index >= 15 is 0 Å². The molecule has 0 aliphatic heterocycles. The van der Waals surface area contributed by atoms with Crippen LogP contribution in [0.25, 0.3) is 0 Å². The van der Waals surface area contributed by atoms with Crippen molar-refractivity contribution in [3.8, 4) is 0 Å². The zero-order valence-corrected chi connectivity index (χ0v) is 7.05. The van der Waals surface area contributed by atoms with Crippen LogP contribution in [0.4, 0.5) is 0 Å². The van der Waals surface area contributed by atoms with Crippen molar-refractivity contribution < 1.29 is 9.90 Å². The van der Waals surface area contributed by atoms with Crippen LogP contribution >= 0.6 is 0 Å². The van der Waals surface area contributed by atoms with Gasteiger partial charge < -0.3 is 5.11 Å². The number of rotatable bonds is 3. The van der Waals surface area contributed by atoms with Crippen molar-refractivity contribution in [1.82, 2.24) is 0 Å². The predicted molar refractivity (Wildman–Crippen MR) is 43.4 cm³/mol. The summed E-state index contributed by atoms with van der Waals surface area (Å²) in [5.41, 5.74) is 0. The Labute approximate surface area is 67.6 Å².